The number of methoxy groups -OCH3 is 2. The zero-order valence-electron chi connectivity index (χ0n) is 18.5. The van der Waals surface area contributed by atoms with Gasteiger partial charge in [-0.2, -0.15) is 0 Å². The van der Waals surface area contributed by atoms with E-state index in [0.29, 0.717) is 0 Å². The maximum Gasteiger partial charge on any atom is 0.355 e. The molecule has 0 saturated carbocycles. The van der Waals surface area contributed by atoms with Crippen LogP contribution in [0.15, 0.2) is 94.0 Å². The van der Waals surface area contributed by atoms with Gasteiger partial charge in [0.25, 0.3) is 10.0 Å². The molecule has 1 heterocycles. The van der Waals surface area contributed by atoms with Gasteiger partial charge < -0.3 is 14.4 Å². The minimum Gasteiger partial charge on any atom is -0.465 e. The highest BCUT2D eigenvalue weighted by Gasteiger charge is 2.31. The summed E-state index contributed by atoms with van der Waals surface area (Å²) in [5.74, 6) is -1.73. The Bertz CT molecular complexity index is 1460. The second-order valence-electron chi connectivity index (χ2n) is 6.96. The number of benzene rings is 2. The lowest BCUT2D eigenvalue weighted by atomic mass is 10.1. The summed E-state index contributed by atoms with van der Waals surface area (Å²) < 4.78 is 61.5. The van der Waals surface area contributed by atoms with Gasteiger partial charge in [-0.05, 0) is 48.6 Å². The Labute approximate surface area is 202 Å². The van der Waals surface area contributed by atoms with Gasteiger partial charge in [0.2, 0.25) is 10.0 Å². The Morgan fingerprint density at radius 2 is 1.51 bits per heavy atom. The predicted octanol–water partition coefficient (Wildman–Crippen LogP) is 1.62. The van der Waals surface area contributed by atoms with Crippen LogP contribution in [0.5, 0.6) is 0 Å². The SMILES string of the molecule is COC(=O)C1=C(C(=O)OC)N(c2ccccc2S(=O)(=O)Nc2ccc(S(N)(=O)=O)cc2)C=CC=C1. The number of nitrogens with one attached hydrogen (secondary N) is 1. The van der Waals surface area contributed by atoms with Crippen molar-refractivity contribution >= 4 is 43.4 Å². The monoisotopic (exact) mass is 519 g/mol. The Morgan fingerprint density at radius 1 is 0.886 bits per heavy atom. The summed E-state index contributed by atoms with van der Waals surface area (Å²) in [5, 5.41) is 5.07. The van der Waals surface area contributed by atoms with Gasteiger partial charge in [0, 0.05) is 11.9 Å². The molecule has 0 aliphatic carbocycles. The van der Waals surface area contributed by atoms with Crippen molar-refractivity contribution in [3.8, 4) is 0 Å². The largest absolute Gasteiger partial charge is 0.465 e. The predicted molar refractivity (Wildman–Crippen MR) is 127 cm³/mol. The molecule has 2 aromatic rings. The van der Waals surface area contributed by atoms with Crippen molar-refractivity contribution in [2.75, 3.05) is 23.8 Å². The Balaban J connectivity index is 2.12. The molecular formula is C22H21N3O8S2. The molecule has 0 radical (unpaired) electrons. The molecule has 35 heavy (non-hydrogen) atoms. The van der Waals surface area contributed by atoms with Gasteiger partial charge in [0.15, 0.2) is 0 Å². The van der Waals surface area contributed by atoms with Gasteiger partial charge in [0.05, 0.1) is 30.4 Å². The molecule has 0 spiro atoms. The van der Waals surface area contributed by atoms with Crippen molar-refractivity contribution < 1.29 is 35.9 Å². The van der Waals surface area contributed by atoms with Crippen LogP contribution in [-0.2, 0) is 39.1 Å². The molecule has 0 unspecified atom stereocenters. The van der Waals surface area contributed by atoms with Crippen LogP contribution in [0.25, 0.3) is 0 Å². The molecular weight excluding hydrogens is 498 g/mol. The van der Waals surface area contributed by atoms with Crippen molar-refractivity contribution in [2.24, 2.45) is 5.14 Å². The third kappa shape index (κ3) is 5.59. The third-order valence-corrected chi connectivity index (χ3v) is 7.10. The quantitative estimate of drug-likeness (QED) is 0.518. The molecule has 0 aromatic heterocycles. The minimum absolute atomic E-state index is 0.0305. The average Bonchev–Trinajstić information content (AvgIpc) is 3.05. The number of hydrogen-bond donors (Lipinski definition) is 2. The molecule has 2 aromatic carbocycles. The molecule has 0 saturated heterocycles. The van der Waals surface area contributed by atoms with Crippen molar-refractivity contribution in [3.05, 3.63) is 84.2 Å². The number of anilines is 2. The van der Waals surface area contributed by atoms with E-state index in [9.17, 15) is 26.4 Å². The van der Waals surface area contributed by atoms with E-state index in [1.165, 1.54) is 59.7 Å². The van der Waals surface area contributed by atoms with E-state index in [0.717, 1.165) is 26.4 Å². The van der Waals surface area contributed by atoms with E-state index in [1.807, 2.05) is 0 Å². The summed E-state index contributed by atoms with van der Waals surface area (Å²) >= 11 is 0. The molecule has 184 valence electrons. The van der Waals surface area contributed by atoms with Crippen LogP contribution >= 0.6 is 0 Å². The maximum absolute atomic E-state index is 13.3. The first-order chi connectivity index (χ1) is 16.5. The molecule has 0 bridgehead atoms. The lowest BCUT2D eigenvalue weighted by molar-refractivity contribution is -0.139. The highest BCUT2D eigenvalue weighted by molar-refractivity contribution is 7.93. The summed E-state index contributed by atoms with van der Waals surface area (Å²) in [4.78, 5) is 25.8. The highest BCUT2D eigenvalue weighted by Crippen LogP contribution is 2.32. The van der Waals surface area contributed by atoms with Crippen molar-refractivity contribution in [3.63, 3.8) is 0 Å². The second kappa shape index (κ2) is 10.1. The lowest BCUT2D eigenvalue weighted by Gasteiger charge is -2.25. The van der Waals surface area contributed by atoms with Crippen molar-refractivity contribution in [2.45, 2.75) is 9.79 Å². The van der Waals surface area contributed by atoms with E-state index in [2.05, 4.69) is 4.72 Å². The molecule has 3 N–H and O–H groups in total. The number of primary sulfonamides is 1. The number of hydrogen-bond acceptors (Lipinski definition) is 9. The smallest absolute Gasteiger partial charge is 0.355 e. The van der Waals surface area contributed by atoms with Gasteiger partial charge in [-0.3, -0.25) is 4.72 Å². The zero-order chi connectivity index (χ0) is 25.8. The lowest BCUT2D eigenvalue weighted by Crippen LogP contribution is -2.28. The number of ether oxygens (including phenoxy) is 2. The average molecular weight is 520 g/mol. The van der Waals surface area contributed by atoms with Crippen LogP contribution in [0, 0.1) is 0 Å². The van der Waals surface area contributed by atoms with E-state index < -0.39 is 32.0 Å². The van der Waals surface area contributed by atoms with Gasteiger partial charge in [-0.25, -0.2) is 31.6 Å². The fourth-order valence-electron chi connectivity index (χ4n) is 3.16. The second-order valence-corrected chi connectivity index (χ2v) is 10.2. The van der Waals surface area contributed by atoms with E-state index in [1.54, 1.807) is 6.07 Å². The number of sulfonamides is 2. The van der Waals surface area contributed by atoms with Crippen LogP contribution in [-0.4, -0.2) is 43.0 Å². The van der Waals surface area contributed by atoms with Gasteiger partial charge in [-0.15, -0.1) is 0 Å². The molecule has 0 amide bonds. The number of esters is 2. The number of rotatable bonds is 7. The molecule has 0 atom stereocenters. The van der Waals surface area contributed by atoms with E-state index in [-0.39, 0.29) is 32.4 Å². The normalized spacial score (nSPS) is 13.9. The van der Waals surface area contributed by atoms with Crippen LogP contribution in [0.4, 0.5) is 11.4 Å². The standard InChI is InChI=1S/C22H21N3O8S2/c1-32-21(26)17-7-5-6-14-25(20(17)22(27)33-2)18-8-3-4-9-19(18)35(30,31)24-15-10-12-16(13-11-15)34(23,28)29/h3-14,24H,1-2H3,(H2,23,28,29). The third-order valence-electron chi connectivity index (χ3n) is 4.74. The summed E-state index contributed by atoms with van der Waals surface area (Å²) in [6, 6.07) is 10.6. The summed E-state index contributed by atoms with van der Waals surface area (Å²) in [6.07, 6.45) is 5.73. The highest BCUT2D eigenvalue weighted by atomic mass is 32.2. The maximum atomic E-state index is 13.3. The van der Waals surface area contributed by atoms with Crippen LogP contribution < -0.4 is 14.8 Å². The topological polar surface area (TPSA) is 162 Å². The fraction of sp³-hybridized carbons (Fsp3) is 0.0909. The number of nitrogens with zero attached hydrogens (tertiary/aromatic N) is 1. The molecule has 1 aliphatic heterocycles. The van der Waals surface area contributed by atoms with E-state index >= 15 is 0 Å². The molecule has 0 fully saturated rings. The summed E-state index contributed by atoms with van der Waals surface area (Å²) in [7, 11) is -5.96. The first-order valence-corrected chi connectivity index (χ1v) is 12.8. The summed E-state index contributed by atoms with van der Waals surface area (Å²) in [5.41, 5.74) is -0.310. The summed E-state index contributed by atoms with van der Waals surface area (Å²) in [6.45, 7) is 0. The minimum atomic E-state index is -4.27. The van der Waals surface area contributed by atoms with Crippen molar-refractivity contribution in [1.82, 2.24) is 0 Å². The Kier molecular flexibility index (Phi) is 7.43. The number of nitrogens with two attached hydrogens (primary N) is 1. The number of allylic oxidation sites excluding steroid dienone is 2. The van der Waals surface area contributed by atoms with Crippen molar-refractivity contribution in [1.29, 1.82) is 0 Å². The van der Waals surface area contributed by atoms with Crippen LogP contribution in [0.3, 0.4) is 0 Å². The zero-order valence-corrected chi connectivity index (χ0v) is 20.2. The fourth-order valence-corrected chi connectivity index (χ4v) is 4.93. The molecule has 1 aliphatic rings. The van der Waals surface area contributed by atoms with Gasteiger partial charge >= 0.3 is 11.9 Å². The van der Waals surface area contributed by atoms with Gasteiger partial charge in [-0.1, -0.05) is 18.2 Å². The number of carbonyl (C=O) groups excluding carboxylic acids is 2. The Morgan fingerprint density at radius 3 is 2.11 bits per heavy atom. The van der Waals surface area contributed by atoms with Gasteiger partial charge in [0.1, 0.15) is 10.6 Å². The number of para-hydroxylation sites is 1. The first kappa shape index (κ1) is 25.7. The number of carbonyl (C=O) groups is 2. The first-order valence-electron chi connectivity index (χ1n) is 9.79. The van der Waals surface area contributed by atoms with Crippen LogP contribution in [0.1, 0.15) is 0 Å². The molecule has 3 rings (SSSR count). The molecule has 11 nitrogen and oxygen atoms in total. The Hall–Kier alpha value is -3.94. The van der Waals surface area contributed by atoms with E-state index in [4.69, 9.17) is 14.6 Å². The van der Waals surface area contributed by atoms with Crippen LogP contribution in [0.2, 0.25) is 0 Å². The molecule has 13 heteroatoms.